The summed E-state index contributed by atoms with van der Waals surface area (Å²) in [5, 5.41) is 0. The SMILES string of the molecule is CCOc1ccc([C@@H]2C(C(=O)OC(C)C)=C(C)N=c3s/c(=C/c4ccc(I)o4)c(=O)n32)cc1. The number of fused-ring (bicyclic) bond motifs is 1. The number of furan rings is 1. The van der Waals surface area contributed by atoms with Gasteiger partial charge in [0, 0.05) is 6.08 Å². The Morgan fingerprint density at radius 3 is 2.61 bits per heavy atom. The molecule has 0 aliphatic carbocycles. The number of aromatic nitrogens is 1. The van der Waals surface area contributed by atoms with E-state index in [2.05, 4.69) is 27.6 Å². The molecule has 0 saturated heterocycles. The number of hydrogen-bond acceptors (Lipinski definition) is 7. The molecule has 0 N–H and O–H groups in total. The molecule has 1 aromatic carbocycles. The molecule has 1 aliphatic rings. The summed E-state index contributed by atoms with van der Waals surface area (Å²) in [5.41, 5.74) is 1.40. The Labute approximate surface area is 208 Å². The summed E-state index contributed by atoms with van der Waals surface area (Å²) in [6.45, 7) is 7.81. The quantitative estimate of drug-likeness (QED) is 0.329. The van der Waals surface area contributed by atoms with Gasteiger partial charge in [0.05, 0.1) is 34.6 Å². The topological polar surface area (TPSA) is 83.0 Å². The zero-order valence-electron chi connectivity index (χ0n) is 18.6. The molecule has 172 valence electrons. The Balaban J connectivity index is 1.91. The molecule has 1 aliphatic heterocycles. The summed E-state index contributed by atoms with van der Waals surface area (Å²) in [5.74, 6) is 0.811. The lowest BCUT2D eigenvalue weighted by atomic mass is 9.96. The molecule has 0 saturated carbocycles. The number of thiazole rings is 1. The van der Waals surface area contributed by atoms with Crippen LogP contribution in [-0.4, -0.2) is 23.2 Å². The number of rotatable bonds is 6. The van der Waals surface area contributed by atoms with Crippen molar-refractivity contribution in [2.45, 2.75) is 39.8 Å². The number of carbonyl (C=O) groups is 1. The van der Waals surface area contributed by atoms with E-state index in [0.29, 0.717) is 38.7 Å². The van der Waals surface area contributed by atoms with E-state index in [0.717, 1.165) is 9.33 Å². The van der Waals surface area contributed by atoms with E-state index in [-0.39, 0.29) is 11.7 Å². The second-order valence-corrected chi connectivity index (χ2v) is 9.75. The van der Waals surface area contributed by atoms with Crippen LogP contribution in [0.2, 0.25) is 0 Å². The molecule has 2 aromatic heterocycles. The summed E-state index contributed by atoms with van der Waals surface area (Å²) >= 11 is 3.34. The standard InChI is InChI=1S/C24H23IN2O5S/c1-5-30-16-8-6-15(7-9-16)21-20(23(29)31-13(2)3)14(4)26-24-27(21)22(28)18(33-24)12-17-10-11-19(25)32-17/h6-13,21H,5H2,1-4H3/b18-12+/t21-/m1/s1. The first-order valence-electron chi connectivity index (χ1n) is 10.5. The number of allylic oxidation sites excluding steroid dienone is 1. The number of nitrogens with zero attached hydrogens (tertiary/aromatic N) is 2. The zero-order valence-corrected chi connectivity index (χ0v) is 21.6. The van der Waals surface area contributed by atoms with Gasteiger partial charge in [0.15, 0.2) is 8.57 Å². The van der Waals surface area contributed by atoms with Gasteiger partial charge >= 0.3 is 5.97 Å². The maximum absolute atomic E-state index is 13.5. The molecule has 33 heavy (non-hydrogen) atoms. The molecular formula is C24H23IN2O5S. The second-order valence-electron chi connectivity index (χ2n) is 7.68. The van der Waals surface area contributed by atoms with Crippen molar-refractivity contribution in [2.75, 3.05) is 6.61 Å². The van der Waals surface area contributed by atoms with Gasteiger partial charge in [-0.25, -0.2) is 9.79 Å². The van der Waals surface area contributed by atoms with E-state index >= 15 is 0 Å². The van der Waals surface area contributed by atoms with Crippen LogP contribution in [-0.2, 0) is 9.53 Å². The average molecular weight is 578 g/mol. The van der Waals surface area contributed by atoms with Crippen LogP contribution in [0.5, 0.6) is 5.75 Å². The fourth-order valence-corrected chi connectivity index (χ4v) is 5.08. The van der Waals surface area contributed by atoms with Gasteiger partial charge in [-0.1, -0.05) is 23.5 Å². The Kier molecular flexibility index (Phi) is 6.89. The van der Waals surface area contributed by atoms with Crippen LogP contribution in [0.1, 0.15) is 45.1 Å². The fraction of sp³-hybridized carbons (Fsp3) is 0.292. The van der Waals surface area contributed by atoms with Crippen LogP contribution >= 0.6 is 33.9 Å². The van der Waals surface area contributed by atoms with Gasteiger partial charge in [0.1, 0.15) is 11.5 Å². The van der Waals surface area contributed by atoms with Crippen molar-refractivity contribution < 1.29 is 18.7 Å². The zero-order chi connectivity index (χ0) is 23.7. The molecular weight excluding hydrogens is 555 g/mol. The van der Waals surface area contributed by atoms with Gasteiger partial charge in [0.25, 0.3) is 5.56 Å². The molecule has 0 bridgehead atoms. The Morgan fingerprint density at radius 2 is 2.00 bits per heavy atom. The highest BCUT2D eigenvalue weighted by Gasteiger charge is 2.33. The number of ether oxygens (including phenoxy) is 2. The third kappa shape index (κ3) is 4.84. The third-order valence-electron chi connectivity index (χ3n) is 4.96. The summed E-state index contributed by atoms with van der Waals surface area (Å²) in [4.78, 5) is 31.7. The van der Waals surface area contributed by atoms with Gasteiger partial charge in [0.2, 0.25) is 0 Å². The predicted molar refractivity (Wildman–Crippen MR) is 134 cm³/mol. The molecule has 0 amide bonds. The fourth-order valence-electron chi connectivity index (χ4n) is 3.62. The van der Waals surface area contributed by atoms with Gasteiger partial charge < -0.3 is 13.9 Å². The number of carbonyl (C=O) groups excluding carboxylic acids is 1. The molecule has 3 aromatic rings. The number of hydrogen-bond donors (Lipinski definition) is 0. The lowest BCUT2D eigenvalue weighted by Gasteiger charge is -2.25. The maximum Gasteiger partial charge on any atom is 0.338 e. The molecule has 0 spiro atoms. The number of esters is 1. The van der Waals surface area contributed by atoms with Crippen LogP contribution in [0.15, 0.2) is 61.9 Å². The van der Waals surface area contributed by atoms with Crippen molar-refractivity contribution in [2.24, 2.45) is 4.99 Å². The normalized spacial score (nSPS) is 16.1. The lowest BCUT2D eigenvalue weighted by Crippen LogP contribution is -2.40. The van der Waals surface area contributed by atoms with E-state index in [9.17, 15) is 9.59 Å². The highest BCUT2D eigenvalue weighted by Crippen LogP contribution is 2.32. The molecule has 0 unspecified atom stereocenters. The van der Waals surface area contributed by atoms with E-state index in [1.807, 2.05) is 37.3 Å². The lowest BCUT2D eigenvalue weighted by molar-refractivity contribution is -0.143. The molecule has 9 heteroatoms. The van der Waals surface area contributed by atoms with Crippen LogP contribution in [0.25, 0.3) is 6.08 Å². The summed E-state index contributed by atoms with van der Waals surface area (Å²) < 4.78 is 19.4. The third-order valence-corrected chi connectivity index (χ3v) is 6.52. The molecule has 0 radical (unpaired) electrons. The van der Waals surface area contributed by atoms with Gasteiger partial charge in [-0.15, -0.1) is 0 Å². The van der Waals surface area contributed by atoms with E-state index in [1.54, 1.807) is 37.5 Å². The molecule has 4 rings (SSSR count). The molecule has 0 fully saturated rings. The summed E-state index contributed by atoms with van der Waals surface area (Å²) in [6, 6.07) is 10.4. The summed E-state index contributed by atoms with van der Waals surface area (Å²) in [6.07, 6.45) is 1.40. The van der Waals surface area contributed by atoms with Gasteiger partial charge in [-0.3, -0.25) is 9.36 Å². The number of benzene rings is 1. The van der Waals surface area contributed by atoms with Crippen LogP contribution in [0.4, 0.5) is 0 Å². The van der Waals surface area contributed by atoms with Crippen LogP contribution < -0.4 is 19.6 Å². The van der Waals surface area contributed by atoms with Crippen molar-refractivity contribution in [3.8, 4) is 5.75 Å². The van der Waals surface area contributed by atoms with Gasteiger partial charge in [-0.05, 0) is 80.1 Å². The second kappa shape index (κ2) is 9.68. The average Bonchev–Trinajstić information content (AvgIpc) is 3.30. The van der Waals surface area contributed by atoms with E-state index < -0.39 is 12.0 Å². The molecule has 1 atom stereocenters. The minimum atomic E-state index is -0.665. The minimum Gasteiger partial charge on any atom is -0.494 e. The van der Waals surface area contributed by atoms with E-state index in [4.69, 9.17) is 13.9 Å². The predicted octanol–water partition coefficient (Wildman–Crippen LogP) is 3.78. The van der Waals surface area contributed by atoms with Gasteiger partial charge in [-0.2, -0.15) is 0 Å². The van der Waals surface area contributed by atoms with Crippen LogP contribution in [0, 0.1) is 3.77 Å². The van der Waals surface area contributed by atoms with Crippen LogP contribution in [0.3, 0.4) is 0 Å². The molecule has 7 nitrogen and oxygen atoms in total. The van der Waals surface area contributed by atoms with Crippen molar-refractivity contribution in [3.63, 3.8) is 0 Å². The first-order valence-corrected chi connectivity index (χ1v) is 12.4. The number of halogens is 1. The minimum absolute atomic E-state index is 0.244. The van der Waals surface area contributed by atoms with Crippen molar-refractivity contribution in [1.29, 1.82) is 0 Å². The Hall–Kier alpha value is -2.66. The maximum atomic E-state index is 13.5. The Morgan fingerprint density at radius 1 is 1.27 bits per heavy atom. The Bertz CT molecular complexity index is 1400. The molecule has 3 heterocycles. The van der Waals surface area contributed by atoms with Crippen molar-refractivity contribution >= 4 is 46.0 Å². The van der Waals surface area contributed by atoms with E-state index in [1.165, 1.54) is 11.3 Å². The van der Waals surface area contributed by atoms with Crippen molar-refractivity contribution in [1.82, 2.24) is 4.57 Å². The smallest absolute Gasteiger partial charge is 0.338 e. The highest BCUT2D eigenvalue weighted by atomic mass is 127. The highest BCUT2D eigenvalue weighted by molar-refractivity contribution is 14.1. The summed E-state index contributed by atoms with van der Waals surface area (Å²) in [7, 11) is 0. The monoisotopic (exact) mass is 578 g/mol. The first kappa shape index (κ1) is 23.5. The van der Waals surface area contributed by atoms with Crippen molar-refractivity contribution in [3.05, 3.63) is 82.4 Å². The first-order chi connectivity index (χ1) is 15.8. The largest absolute Gasteiger partial charge is 0.494 e.